The maximum Gasteiger partial charge on any atom is 0.264 e. The van der Waals surface area contributed by atoms with E-state index in [1.54, 1.807) is 55.6 Å². The molecule has 0 spiro atoms. The van der Waals surface area contributed by atoms with Crippen molar-refractivity contribution in [3.63, 3.8) is 0 Å². The van der Waals surface area contributed by atoms with Gasteiger partial charge in [-0.25, -0.2) is 8.42 Å². The monoisotopic (exact) mass is 424 g/mol. The van der Waals surface area contributed by atoms with Gasteiger partial charge in [-0.1, -0.05) is 48.5 Å². The van der Waals surface area contributed by atoms with Crippen LogP contribution in [-0.4, -0.2) is 28.0 Å². The first-order valence-electron chi connectivity index (χ1n) is 9.48. The minimum absolute atomic E-state index is 0.129. The van der Waals surface area contributed by atoms with Gasteiger partial charge in [0.05, 0.1) is 23.7 Å². The number of carbonyl (C=O) groups is 1. The van der Waals surface area contributed by atoms with E-state index < -0.39 is 15.9 Å². The second-order valence-electron chi connectivity index (χ2n) is 6.72. The van der Waals surface area contributed by atoms with Gasteiger partial charge in [-0.05, 0) is 48.9 Å². The van der Waals surface area contributed by atoms with Gasteiger partial charge in [-0.2, -0.15) is 0 Å². The fourth-order valence-corrected chi connectivity index (χ4v) is 4.46. The van der Waals surface area contributed by atoms with E-state index >= 15 is 0 Å². The molecule has 0 fully saturated rings. The number of nitrogens with one attached hydrogen (secondary N) is 1. The van der Waals surface area contributed by atoms with Crippen LogP contribution in [0.15, 0.2) is 89.8 Å². The summed E-state index contributed by atoms with van der Waals surface area (Å²) < 4.78 is 32.7. The maximum absolute atomic E-state index is 13.2. The van der Waals surface area contributed by atoms with E-state index in [9.17, 15) is 13.2 Å². The standard InChI is InChI=1S/C23H24N2O4S/c1-18(19-13-15-21(29-2)16-14-19)24-23(26)17-25(20-9-5-3-6-10-20)30(27,28)22-11-7-4-8-12-22/h3-16,18H,17H2,1-2H3,(H,24,26)/t18-/m1/s1. The molecule has 0 aliphatic heterocycles. The van der Waals surface area contributed by atoms with E-state index in [2.05, 4.69) is 5.32 Å². The van der Waals surface area contributed by atoms with Crippen molar-refractivity contribution in [1.82, 2.24) is 5.32 Å². The molecule has 0 saturated carbocycles. The van der Waals surface area contributed by atoms with Gasteiger partial charge in [0, 0.05) is 0 Å². The summed E-state index contributed by atoms with van der Waals surface area (Å²) in [7, 11) is -2.31. The number of hydrogen-bond donors (Lipinski definition) is 1. The Bertz CT molecular complexity index is 1070. The van der Waals surface area contributed by atoms with Gasteiger partial charge in [0.15, 0.2) is 0 Å². The lowest BCUT2D eigenvalue weighted by atomic mass is 10.1. The highest BCUT2D eigenvalue weighted by Crippen LogP contribution is 2.23. The lowest BCUT2D eigenvalue weighted by Crippen LogP contribution is -2.41. The van der Waals surface area contributed by atoms with Crippen molar-refractivity contribution < 1.29 is 17.9 Å². The Morgan fingerprint density at radius 2 is 1.50 bits per heavy atom. The number of carbonyl (C=O) groups excluding carboxylic acids is 1. The largest absolute Gasteiger partial charge is 0.497 e. The fraction of sp³-hybridized carbons (Fsp3) is 0.174. The third-order valence-electron chi connectivity index (χ3n) is 4.66. The van der Waals surface area contributed by atoms with Crippen molar-refractivity contribution in [3.05, 3.63) is 90.5 Å². The Morgan fingerprint density at radius 1 is 0.933 bits per heavy atom. The molecule has 30 heavy (non-hydrogen) atoms. The highest BCUT2D eigenvalue weighted by Gasteiger charge is 2.27. The van der Waals surface area contributed by atoms with Crippen molar-refractivity contribution in [2.75, 3.05) is 18.0 Å². The molecular weight excluding hydrogens is 400 g/mol. The average Bonchev–Trinajstić information content (AvgIpc) is 2.78. The summed E-state index contributed by atoms with van der Waals surface area (Å²) >= 11 is 0. The number of hydrogen-bond acceptors (Lipinski definition) is 4. The van der Waals surface area contributed by atoms with E-state index in [0.29, 0.717) is 5.69 Å². The molecule has 6 nitrogen and oxygen atoms in total. The zero-order chi connectivity index (χ0) is 21.6. The molecule has 3 rings (SSSR count). The third kappa shape index (κ3) is 4.99. The van der Waals surface area contributed by atoms with E-state index in [1.165, 1.54) is 12.1 Å². The fourth-order valence-electron chi connectivity index (χ4n) is 3.02. The molecule has 3 aromatic rings. The molecule has 0 aliphatic rings. The van der Waals surface area contributed by atoms with E-state index in [1.807, 2.05) is 31.2 Å². The minimum atomic E-state index is -3.90. The maximum atomic E-state index is 13.2. The van der Waals surface area contributed by atoms with Crippen molar-refractivity contribution in [3.8, 4) is 5.75 Å². The lowest BCUT2D eigenvalue weighted by molar-refractivity contribution is -0.120. The second-order valence-corrected chi connectivity index (χ2v) is 8.58. The van der Waals surface area contributed by atoms with Crippen LogP contribution in [0.1, 0.15) is 18.5 Å². The van der Waals surface area contributed by atoms with Crippen LogP contribution >= 0.6 is 0 Å². The predicted molar refractivity (Wildman–Crippen MR) is 117 cm³/mol. The first kappa shape index (κ1) is 21.4. The molecular formula is C23H24N2O4S. The van der Waals surface area contributed by atoms with E-state index in [0.717, 1.165) is 15.6 Å². The number of ether oxygens (including phenoxy) is 1. The molecule has 1 amide bonds. The van der Waals surface area contributed by atoms with E-state index in [-0.39, 0.29) is 17.5 Å². The highest BCUT2D eigenvalue weighted by atomic mass is 32.2. The zero-order valence-corrected chi connectivity index (χ0v) is 17.7. The van der Waals surface area contributed by atoms with Crippen LogP contribution < -0.4 is 14.4 Å². The van der Waals surface area contributed by atoms with Crippen LogP contribution in [0.4, 0.5) is 5.69 Å². The smallest absolute Gasteiger partial charge is 0.264 e. The Kier molecular flexibility index (Phi) is 6.74. The van der Waals surface area contributed by atoms with Crippen LogP contribution in [0.5, 0.6) is 5.75 Å². The number of nitrogens with zero attached hydrogens (tertiary/aromatic N) is 1. The summed E-state index contributed by atoms with van der Waals surface area (Å²) in [6.45, 7) is 1.51. The number of benzene rings is 3. The normalized spacial score (nSPS) is 12.1. The number of methoxy groups -OCH3 is 1. The first-order valence-corrected chi connectivity index (χ1v) is 10.9. The average molecular weight is 425 g/mol. The topological polar surface area (TPSA) is 75.7 Å². The minimum Gasteiger partial charge on any atom is -0.497 e. The molecule has 0 aromatic heterocycles. The van der Waals surface area contributed by atoms with Gasteiger partial charge in [0.1, 0.15) is 12.3 Å². The first-order chi connectivity index (χ1) is 14.4. The van der Waals surface area contributed by atoms with Crippen molar-refractivity contribution in [2.24, 2.45) is 0 Å². The number of amides is 1. The Morgan fingerprint density at radius 3 is 2.07 bits per heavy atom. The van der Waals surface area contributed by atoms with Gasteiger partial charge in [-0.3, -0.25) is 9.10 Å². The summed E-state index contributed by atoms with van der Waals surface area (Å²) in [6, 6.07) is 23.7. The molecule has 7 heteroatoms. The summed E-state index contributed by atoms with van der Waals surface area (Å²) in [5.41, 5.74) is 1.31. The molecule has 0 heterocycles. The summed E-state index contributed by atoms with van der Waals surface area (Å²) in [5, 5.41) is 2.87. The van der Waals surface area contributed by atoms with Crippen LogP contribution in [0.3, 0.4) is 0 Å². The quantitative estimate of drug-likeness (QED) is 0.597. The lowest BCUT2D eigenvalue weighted by Gasteiger charge is -2.25. The molecule has 0 bridgehead atoms. The van der Waals surface area contributed by atoms with Crippen molar-refractivity contribution in [1.29, 1.82) is 0 Å². The van der Waals surface area contributed by atoms with Gasteiger partial charge in [0.2, 0.25) is 5.91 Å². The molecule has 1 N–H and O–H groups in total. The molecule has 1 atom stereocenters. The summed E-state index contributed by atoms with van der Waals surface area (Å²) in [6.07, 6.45) is 0. The van der Waals surface area contributed by atoms with Crippen LogP contribution in [-0.2, 0) is 14.8 Å². The molecule has 0 unspecified atom stereocenters. The van der Waals surface area contributed by atoms with Crippen LogP contribution in [0.2, 0.25) is 0 Å². The number of anilines is 1. The SMILES string of the molecule is COc1ccc([C@@H](C)NC(=O)CN(c2ccccc2)S(=O)(=O)c2ccccc2)cc1. The van der Waals surface area contributed by atoms with Crippen LogP contribution in [0.25, 0.3) is 0 Å². The Hall–Kier alpha value is -3.32. The molecule has 0 saturated heterocycles. The molecule has 0 radical (unpaired) electrons. The predicted octanol–water partition coefficient (Wildman–Crippen LogP) is 3.77. The van der Waals surface area contributed by atoms with E-state index in [4.69, 9.17) is 4.74 Å². The summed E-state index contributed by atoms with van der Waals surface area (Å²) in [4.78, 5) is 12.9. The van der Waals surface area contributed by atoms with Crippen LogP contribution in [0, 0.1) is 0 Å². The van der Waals surface area contributed by atoms with Gasteiger partial charge < -0.3 is 10.1 Å². The number of sulfonamides is 1. The Balaban J connectivity index is 1.82. The number of rotatable bonds is 8. The molecule has 3 aromatic carbocycles. The second kappa shape index (κ2) is 9.45. The van der Waals surface area contributed by atoms with Gasteiger partial charge >= 0.3 is 0 Å². The molecule has 0 aliphatic carbocycles. The third-order valence-corrected chi connectivity index (χ3v) is 6.44. The Labute approximate surface area is 177 Å². The van der Waals surface area contributed by atoms with Crippen molar-refractivity contribution >= 4 is 21.6 Å². The van der Waals surface area contributed by atoms with Gasteiger partial charge in [-0.15, -0.1) is 0 Å². The number of para-hydroxylation sites is 1. The van der Waals surface area contributed by atoms with Crippen molar-refractivity contribution in [2.45, 2.75) is 17.9 Å². The zero-order valence-electron chi connectivity index (χ0n) is 16.9. The highest BCUT2D eigenvalue weighted by molar-refractivity contribution is 7.92. The molecule has 156 valence electrons. The van der Waals surface area contributed by atoms with Gasteiger partial charge in [0.25, 0.3) is 10.0 Å². The summed E-state index contributed by atoms with van der Waals surface area (Å²) in [5.74, 6) is 0.322.